The average Bonchev–Trinajstić information content (AvgIpc) is 2.15. The minimum Gasteiger partial charge on any atom is -0.480 e. The lowest BCUT2D eigenvalue weighted by Gasteiger charge is -2.12. The van der Waals surface area contributed by atoms with Crippen LogP contribution < -0.4 is 5.32 Å². The summed E-state index contributed by atoms with van der Waals surface area (Å²) in [6.45, 7) is 2.72. The fourth-order valence-corrected chi connectivity index (χ4v) is 1.23. The highest BCUT2D eigenvalue weighted by Gasteiger charge is 2.14. The highest BCUT2D eigenvalue weighted by atomic mass is 16.4. The highest BCUT2D eigenvalue weighted by molar-refractivity contribution is 5.73. The van der Waals surface area contributed by atoms with Crippen molar-refractivity contribution in [2.45, 2.75) is 45.1 Å². The predicted molar refractivity (Wildman–Crippen MR) is 57.0 cm³/mol. The third-order valence-electron chi connectivity index (χ3n) is 2.01. The quantitative estimate of drug-likeness (QED) is 0.459. The van der Waals surface area contributed by atoms with E-state index in [0.717, 1.165) is 32.2 Å². The van der Waals surface area contributed by atoms with Crippen LogP contribution in [0.3, 0.4) is 0 Å². The molecule has 1 unspecified atom stereocenters. The topological polar surface area (TPSA) is 49.3 Å². The standard InChI is InChI=1S/C11H19NO2/c1-3-5-6-7-9-12-10(8-4-2)11(13)14/h1,10,12H,4-9H2,2H3,(H,13,14). The Bertz CT molecular complexity index is 196. The molecule has 0 spiro atoms. The monoisotopic (exact) mass is 197 g/mol. The molecule has 0 bridgehead atoms. The zero-order chi connectivity index (χ0) is 10.8. The number of rotatable bonds is 8. The van der Waals surface area contributed by atoms with Crippen molar-refractivity contribution in [3.8, 4) is 12.3 Å². The summed E-state index contributed by atoms with van der Waals surface area (Å²) >= 11 is 0. The van der Waals surface area contributed by atoms with Crippen LogP contribution in [0.5, 0.6) is 0 Å². The van der Waals surface area contributed by atoms with Crippen LogP contribution in [-0.2, 0) is 4.79 Å². The summed E-state index contributed by atoms with van der Waals surface area (Å²) in [5.41, 5.74) is 0. The number of hydrogen-bond acceptors (Lipinski definition) is 2. The predicted octanol–water partition coefficient (Wildman–Crippen LogP) is 1.63. The summed E-state index contributed by atoms with van der Waals surface area (Å²) in [6.07, 6.45) is 9.34. The maximum Gasteiger partial charge on any atom is 0.320 e. The Hall–Kier alpha value is -1.01. The van der Waals surface area contributed by atoms with Crippen LogP contribution in [-0.4, -0.2) is 23.7 Å². The van der Waals surface area contributed by atoms with Gasteiger partial charge in [0.1, 0.15) is 6.04 Å². The van der Waals surface area contributed by atoms with Gasteiger partial charge in [-0.3, -0.25) is 4.79 Å². The Morgan fingerprint density at radius 3 is 2.79 bits per heavy atom. The lowest BCUT2D eigenvalue weighted by Crippen LogP contribution is -2.37. The van der Waals surface area contributed by atoms with E-state index in [-0.39, 0.29) is 0 Å². The van der Waals surface area contributed by atoms with Crippen LogP contribution in [0.25, 0.3) is 0 Å². The molecule has 0 aliphatic rings. The molecule has 0 heterocycles. The molecule has 80 valence electrons. The molecule has 0 aromatic rings. The molecule has 0 radical (unpaired) electrons. The van der Waals surface area contributed by atoms with Gasteiger partial charge in [-0.05, 0) is 25.8 Å². The van der Waals surface area contributed by atoms with Gasteiger partial charge in [0, 0.05) is 6.42 Å². The molecule has 0 aromatic carbocycles. The van der Waals surface area contributed by atoms with Gasteiger partial charge < -0.3 is 10.4 Å². The Morgan fingerprint density at radius 2 is 2.29 bits per heavy atom. The van der Waals surface area contributed by atoms with Gasteiger partial charge in [-0.2, -0.15) is 0 Å². The SMILES string of the molecule is C#CCCCCNC(CCC)C(=O)O. The van der Waals surface area contributed by atoms with E-state index in [1.165, 1.54) is 0 Å². The Labute approximate surface area is 85.9 Å². The van der Waals surface area contributed by atoms with E-state index in [2.05, 4.69) is 11.2 Å². The first-order chi connectivity index (χ1) is 6.72. The van der Waals surface area contributed by atoms with E-state index in [4.69, 9.17) is 11.5 Å². The molecule has 0 aliphatic heterocycles. The molecule has 0 aromatic heterocycles. The number of hydrogen-bond donors (Lipinski definition) is 2. The lowest BCUT2D eigenvalue weighted by molar-refractivity contribution is -0.139. The number of terminal acetylenes is 1. The second kappa shape index (κ2) is 8.58. The van der Waals surface area contributed by atoms with E-state index in [9.17, 15) is 4.79 Å². The molecule has 0 saturated heterocycles. The van der Waals surface area contributed by atoms with Crippen molar-refractivity contribution in [3.63, 3.8) is 0 Å². The van der Waals surface area contributed by atoms with Crippen molar-refractivity contribution >= 4 is 5.97 Å². The zero-order valence-electron chi connectivity index (χ0n) is 8.75. The Morgan fingerprint density at radius 1 is 1.57 bits per heavy atom. The molecular weight excluding hydrogens is 178 g/mol. The largest absolute Gasteiger partial charge is 0.480 e. The molecule has 0 amide bonds. The van der Waals surface area contributed by atoms with Gasteiger partial charge in [-0.1, -0.05) is 13.3 Å². The maximum atomic E-state index is 10.7. The van der Waals surface area contributed by atoms with Crippen LogP contribution in [0.15, 0.2) is 0 Å². The average molecular weight is 197 g/mol. The first kappa shape index (κ1) is 13.0. The maximum absolute atomic E-state index is 10.7. The molecule has 14 heavy (non-hydrogen) atoms. The van der Waals surface area contributed by atoms with Gasteiger partial charge in [0.15, 0.2) is 0 Å². The van der Waals surface area contributed by atoms with Gasteiger partial charge in [-0.25, -0.2) is 0 Å². The fraction of sp³-hybridized carbons (Fsp3) is 0.727. The minimum atomic E-state index is -0.760. The number of unbranched alkanes of at least 4 members (excludes halogenated alkanes) is 2. The molecule has 1 atom stereocenters. The van der Waals surface area contributed by atoms with Gasteiger partial charge in [-0.15, -0.1) is 12.3 Å². The lowest BCUT2D eigenvalue weighted by atomic mass is 10.1. The molecule has 0 aliphatic carbocycles. The first-order valence-electron chi connectivity index (χ1n) is 5.12. The molecule has 0 fully saturated rings. The Kier molecular flexibility index (Phi) is 7.96. The van der Waals surface area contributed by atoms with Gasteiger partial charge in [0.2, 0.25) is 0 Å². The minimum absolute atomic E-state index is 0.397. The van der Waals surface area contributed by atoms with Crippen molar-refractivity contribution in [2.24, 2.45) is 0 Å². The van der Waals surface area contributed by atoms with Gasteiger partial charge in [0.05, 0.1) is 0 Å². The van der Waals surface area contributed by atoms with Crippen LogP contribution in [0, 0.1) is 12.3 Å². The number of carboxylic acids is 1. The fourth-order valence-electron chi connectivity index (χ4n) is 1.23. The van der Waals surface area contributed by atoms with Crippen molar-refractivity contribution in [1.82, 2.24) is 5.32 Å². The first-order valence-corrected chi connectivity index (χ1v) is 5.12. The van der Waals surface area contributed by atoms with E-state index in [1.807, 2.05) is 6.92 Å². The van der Waals surface area contributed by atoms with Crippen LogP contribution in [0.1, 0.15) is 39.0 Å². The number of carbonyl (C=O) groups is 1. The second-order valence-electron chi connectivity index (χ2n) is 3.29. The van der Waals surface area contributed by atoms with E-state index >= 15 is 0 Å². The van der Waals surface area contributed by atoms with Gasteiger partial charge >= 0.3 is 5.97 Å². The molecular formula is C11H19NO2. The second-order valence-corrected chi connectivity index (χ2v) is 3.29. The summed E-state index contributed by atoms with van der Waals surface area (Å²) in [5.74, 6) is 1.80. The zero-order valence-corrected chi connectivity index (χ0v) is 8.75. The van der Waals surface area contributed by atoms with Crippen LogP contribution in [0.4, 0.5) is 0 Å². The molecule has 0 saturated carbocycles. The van der Waals surface area contributed by atoms with Crippen molar-refractivity contribution in [3.05, 3.63) is 0 Å². The normalized spacial score (nSPS) is 12.0. The summed E-state index contributed by atoms with van der Waals surface area (Å²) in [4.78, 5) is 10.7. The number of nitrogens with one attached hydrogen (secondary N) is 1. The third kappa shape index (κ3) is 6.50. The summed E-state index contributed by atoms with van der Waals surface area (Å²) < 4.78 is 0. The summed E-state index contributed by atoms with van der Waals surface area (Å²) in [5, 5.41) is 11.8. The Balaban J connectivity index is 3.52. The van der Waals surface area contributed by atoms with Crippen LogP contribution >= 0.6 is 0 Å². The van der Waals surface area contributed by atoms with Gasteiger partial charge in [0.25, 0.3) is 0 Å². The molecule has 2 N–H and O–H groups in total. The highest BCUT2D eigenvalue weighted by Crippen LogP contribution is 1.98. The van der Waals surface area contributed by atoms with E-state index in [0.29, 0.717) is 6.42 Å². The number of carboxylic acid groups (broad SMARTS) is 1. The van der Waals surface area contributed by atoms with Crippen molar-refractivity contribution < 1.29 is 9.90 Å². The van der Waals surface area contributed by atoms with Crippen molar-refractivity contribution in [2.75, 3.05) is 6.54 Å². The third-order valence-corrected chi connectivity index (χ3v) is 2.01. The summed E-state index contributed by atoms with van der Waals surface area (Å²) in [7, 11) is 0. The van der Waals surface area contributed by atoms with E-state index < -0.39 is 12.0 Å². The number of aliphatic carboxylic acids is 1. The molecule has 0 rings (SSSR count). The molecule has 3 heteroatoms. The molecule has 3 nitrogen and oxygen atoms in total. The van der Waals surface area contributed by atoms with Crippen LogP contribution in [0.2, 0.25) is 0 Å². The summed E-state index contributed by atoms with van der Waals surface area (Å²) in [6, 6.07) is -0.397. The van der Waals surface area contributed by atoms with E-state index in [1.54, 1.807) is 0 Å². The smallest absolute Gasteiger partial charge is 0.320 e. The van der Waals surface area contributed by atoms with Crippen molar-refractivity contribution in [1.29, 1.82) is 0 Å².